The van der Waals surface area contributed by atoms with Crippen LogP contribution in [0.5, 0.6) is 5.75 Å². The molecule has 2 aromatic carbocycles. The molecule has 1 aliphatic rings. The summed E-state index contributed by atoms with van der Waals surface area (Å²) in [7, 11) is 0. The van der Waals surface area contributed by atoms with Gasteiger partial charge in [0, 0.05) is 15.7 Å². The van der Waals surface area contributed by atoms with Gasteiger partial charge in [0.05, 0.1) is 18.1 Å². The number of carbonyl (C=O) groups is 1. The molecule has 1 heterocycles. The number of ether oxygens (including phenoxy) is 1. The molecule has 7 heteroatoms. The van der Waals surface area contributed by atoms with Crippen LogP contribution in [0.3, 0.4) is 0 Å². The second-order valence-electron chi connectivity index (χ2n) is 7.45. The highest BCUT2D eigenvalue weighted by atomic mass is 79.9. The van der Waals surface area contributed by atoms with Crippen LogP contribution in [-0.4, -0.2) is 34.7 Å². The monoisotopic (exact) mass is 487 g/mol. The quantitative estimate of drug-likeness (QED) is 0.468. The molecule has 1 amide bonds. The Morgan fingerprint density at radius 3 is 2.63 bits per heavy atom. The lowest BCUT2D eigenvalue weighted by atomic mass is 10.1. The fourth-order valence-electron chi connectivity index (χ4n) is 2.88. The van der Waals surface area contributed by atoms with E-state index in [1.54, 1.807) is 0 Å². The van der Waals surface area contributed by atoms with E-state index in [2.05, 4.69) is 28.2 Å². The Morgan fingerprint density at radius 2 is 1.93 bits per heavy atom. The number of thioether (sulfide) groups is 1. The van der Waals surface area contributed by atoms with Crippen LogP contribution in [0.15, 0.2) is 63.0 Å². The zero-order valence-corrected chi connectivity index (χ0v) is 19.8. The molecule has 0 spiro atoms. The van der Waals surface area contributed by atoms with Gasteiger partial charge in [-0.05, 0) is 62.7 Å². The van der Waals surface area contributed by atoms with Crippen LogP contribution in [0.1, 0.15) is 39.2 Å². The van der Waals surface area contributed by atoms with Crippen molar-refractivity contribution in [3.05, 3.63) is 58.6 Å². The highest BCUT2D eigenvalue weighted by Gasteiger charge is 2.28. The van der Waals surface area contributed by atoms with Crippen molar-refractivity contribution in [1.29, 1.82) is 0 Å². The van der Waals surface area contributed by atoms with Gasteiger partial charge in [0.1, 0.15) is 16.5 Å². The van der Waals surface area contributed by atoms with E-state index >= 15 is 0 Å². The van der Waals surface area contributed by atoms with Gasteiger partial charge in [-0.1, -0.05) is 47.1 Å². The molecule has 0 radical (unpaired) electrons. The summed E-state index contributed by atoms with van der Waals surface area (Å²) in [6.07, 6.45) is 2.15. The van der Waals surface area contributed by atoms with Crippen molar-refractivity contribution in [2.75, 3.05) is 17.7 Å². The Morgan fingerprint density at radius 1 is 1.17 bits per heavy atom. The Balaban J connectivity index is 1.64. The zero-order valence-electron chi connectivity index (χ0n) is 17.4. The van der Waals surface area contributed by atoms with Crippen LogP contribution in [-0.2, 0) is 4.79 Å². The summed E-state index contributed by atoms with van der Waals surface area (Å²) in [4.78, 5) is 21.9. The van der Waals surface area contributed by atoms with Crippen molar-refractivity contribution in [1.82, 2.24) is 0 Å². The first-order valence-corrected chi connectivity index (χ1v) is 11.8. The second kappa shape index (κ2) is 10.3. The molecule has 30 heavy (non-hydrogen) atoms. The first-order valence-electron chi connectivity index (χ1n) is 9.98. The number of rotatable bonds is 8. The standard InChI is InChI=1S/C23H26BrN3O2S/c1-4-5-13-29-19-11-9-16(10-12-19)21-22(27-23(2,3)26-21)30-15-20(28)25-18-8-6-7-17(24)14-18/h6-12,14H,4-5,13,15H2,1-3H3,(H,25,28). The van der Waals surface area contributed by atoms with Gasteiger partial charge in [-0.15, -0.1) is 0 Å². The van der Waals surface area contributed by atoms with Gasteiger partial charge in [0.2, 0.25) is 5.91 Å². The van der Waals surface area contributed by atoms with Crippen LogP contribution in [0, 0.1) is 0 Å². The molecule has 0 aliphatic carbocycles. The first kappa shape index (κ1) is 22.6. The maximum absolute atomic E-state index is 12.4. The predicted molar refractivity (Wildman–Crippen MR) is 130 cm³/mol. The number of unbranched alkanes of at least 4 members (excludes halogenated alkanes) is 1. The fraction of sp³-hybridized carbons (Fsp3) is 0.348. The largest absolute Gasteiger partial charge is 0.494 e. The molecule has 2 aromatic rings. The average molecular weight is 488 g/mol. The number of amides is 1. The molecular weight excluding hydrogens is 462 g/mol. The smallest absolute Gasteiger partial charge is 0.234 e. The van der Waals surface area contributed by atoms with Gasteiger partial charge in [0.15, 0.2) is 0 Å². The molecule has 0 aromatic heterocycles. The van der Waals surface area contributed by atoms with Gasteiger partial charge < -0.3 is 10.1 Å². The molecule has 5 nitrogen and oxygen atoms in total. The van der Waals surface area contributed by atoms with E-state index in [1.165, 1.54) is 11.8 Å². The van der Waals surface area contributed by atoms with Crippen LogP contribution in [0.4, 0.5) is 5.69 Å². The third kappa shape index (κ3) is 6.44. The Hall–Kier alpha value is -2.12. The number of nitrogens with one attached hydrogen (secondary N) is 1. The highest BCUT2D eigenvalue weighted by Crippen LogP contribution is 2.27. The topological polar surface area (TPSA) is 63.1 Å². The molecule has 0 saturated carbocycles. The molecular formula is C23H26BrN3O2S. The summed E-state index contributed by atoms with van der Waals surface area (Å²) in [5, 5.41) is 3.69. The average Bonchev–Trinajstić information content (AvgIpc) is 3.02. The van der Waals surface area contributed by atoms with Gasteiger partial charge in [-0.3, -0.25) is 9.79 Å². The lowest BCUT2D eigenvalue weighted by Crippen LogP contribution is -2.17. The first-order chi connectivity index (χ1) is 14.4. The number of nitrogens with zero attached hydrogens (tertiary/aromatic N) is 2. The molecule has 1 aliphatic heterocycles. The van der Waals surface area contributed by atoms with E-state index in [1.807, 2.05) is 62.4 Å². The normalized spacial score (nSPS) is 14.8. The fourth-order valence-corrected chi connectivity index (χ4v) is 4.20. The third-order valence-electron chi connectivity index (χ3n) is 4.31. The number of hydrogen-bond donors (Lipinski definition) is 1. The molecule has 0 fully saturated rings. The Bertz CT molecular complexity index is 955. The van der Waals surface area contributed by atoms with Gasteiger partial charge in [-0.2, -0.15) is 0 Å². The van der Waals surface area contributed by atoms with Crippen LogP contribution in [0.25, 0.3) is 0 Å². The summed E-state index contributed by atoms with van der Waals surface area (Å²) < 4.78 is 6.67. The van der Waals surface area contributed by atoms with E-state index in [0.717, 1.165) is 51.7 Å². The molecule has 0 saturated heterocycles. The van der Waals surface area contributed by atoms with Crippen molar-refractivity contribution < 1.29 is 9.53 Å². The Labute approximate surface area is 190 Å². The Kier molecular flexibility index (Phi) is 7.72. The summed E-state index contributed by atoms with van der Waals surface area (Å²) in [6.45, 7) is 6.79. The van der Waals surface area contributed by atoms with E-state index < -0.39 is 5.66 Å². The van der Waals surface area contributed by atoms with Crippen molar-refractivity contribution in [2.45, 2.75) is 39.3 Å². The molecule has 0 unspecified atom stereocenters. The van der Waals surface area contributed by atoms with E-state index in [4.69, 9.17) is 14.7 Å². The number of anilines is 1. The van der Waals surface area contributed by atoms with E-state index in [0.29, 0.717) is 0 Å². The number of aliphatic imine (C=N–C) groups is 2. The summed E-state index contributed by atoms with van der Waals surface area (Å²) >= 11 is 4.82. The minimum Gasteiger partial charge on any atom is -0.494 e. The third-order valence-corrected chi connectivity index (χ3v) is 5.76. The minimum atomic E-state index is -0.533. The van der Waals surface area contributed by atoms with Gasteiger partial charge in [0.25, 0.3) is 0 Å². The maximum Gasteiger partial charge on any atom is 0.234 e. The molecule has 0 atom stereocenters. The van der Waals surface area contributed by atoms with Crippen molar-refractivity contribution in [2.24, 2.45) is 9.98 Å². The SMILES string of the molecule is CCCCOc1ccc(C2=NC(C)(C)N=C2SCC(=O)Nc2cccc(Br)c2)cc1. The number of benzene rings is 2. The molecule has 1 N–H and O–H groups in total. The van der Waals surface area contributed by atoms with Crippen LogP contribution < -0.4 is 10.1 Å². The number of hydrogen-bond acceptors (Lipinski definition) is 5. The zero-order chi connectivity index (χ0) is 21.6. The summed E-state index contributed by atoms with van der Waals surface area (Å²) in [5.74, 6) is 1.03. The minimum absolute atomic E-state index is 0.0791. The van der Waals surface area contributed by atoms with Gasteiger partial charge in [-0.25, -0.2) is 4.99 Å². The second-order valence-corrected chi connectivity index (χ2v) is 9.33. The van der Waals surface area contributed by atoms with Crippen LogP contribution in [0.2, 0.25) is 0 Å². The van der Waals surface area contributed by atoms with Crippen molar-refractivity contribution in [3.63, 3.8) is 0 Å². The lowest BCUT2D eigenvalue weighted by Gasteiger charge is -2.09. The van der Waals surface area contributed by atoms with Crippen LogP contribution >= 0.6 is 27.7 Å². The highest BCUT2D eigenvalue weighted by molar-refractivity contribution is 9.10. The molecule has 0 bridgehead atoms. The molecule has 158 valence electrons. The van der Waals surface area contributed by atoms with Gasteiger partial charge >= 0.3 is 0 Å². The van der Waals surface area contributed by atoms with Crippen molar-refractivity contribution >= 4 is 50.0 Å². The molecule has 3 rings (SSSR count). The lowest BCUT2D eigenvalue weighted by molar-refractivity contribution is -0.113. The predicted octanol–water partition coefficient (Wildman–Crippen LogP) is 5.94. The number of carbonyl (C=O) groups excluding carboxylic acids is 1. The summed E-state index contributed by atoms with van der Waals surface area (Å²) in [5.41, 5.74) is 2.02. The maximum atomic E-state index is 12.4. The van der Waals surface area contributed by atoms with E-state index in [9.17, 15) is 4.79 Å². The number of halogens is 1. The van der Waals surface area contributed by atoms with E-state index in [-0.39, 0.29) is 11.7 Å². The van der Waals surface area contributed by atoms with Crippen molar-refractivity contribution in [3.8, 4) is 5.75 Å². The summed E-state index contributed by atoms with van der Waals surface area (Å²) in [6, 6.07) is 15.5.